The second kappa shape index (κ2) is 6.56. The summed E-state index contributed by atoms with van der Waals surface area (Å²) in [5.41, 5.74) is 8.08. The predicted octanol–water partition coefficient (Wildman–Crippen LogP) is 4.58. The molecule has 1 saturated carbocycles. The molecule has 1 fully saturated rings. The number of hydrogen-bond acceptors (Lipinski definition) is 1. The Morgan fingerprint density at radius 2 is 1.63 bits per heavy atom. The summed E-state index contributed by atoms with van der Waals surface area (Å²) in [6.07, 6.45) is 5.15. The SMILES string of the molecule is CCC(c1ccccc1)C(N)C1CC(C)CC(C)C1. The van der Waals surface area contributed by atoms with Crippen LogP contribution >= 0.6 is 0 Å². The molecule has 1 aliphatic rings. The third-order valence-electron chi connectivity index (χ3n) is 4.89. The molecule has 0 heterocycles. The Kier molecular flexibility index (Phi) is 5.04. The zero-order valence-corrected chi connectivity index (χ0v) is 12.7. The topological polar surface area (TPSA) is 26.0 Å². The molecule has 0 radical (unpaired) electrons. The maximum absolute atomic E-state index is 6.66. The molecule has 4 atom stereocenters. The van der Waals surface area contributed by atoms with E-state index in [4.69, 9.17) is 5.73 Å². The van der Waals surface area contributed by atoms with Crippen LogP contribution in [0.5, 0.6) is 0 Å². The Balaban J connectivity index is 2.10. The van der Waals surface area contributed by atoms with Crippen LogP contribution in [-0.2, 0) is 0 Å². The fourth-order valence-electron chi connectivity index (χ4n) is 4.08. The molecule has 2 rings (SSSR count). The summed E-state index contributed by atoms with van der Waals surface area (Å²) in [6, 6.07) is 11.2. The Labute approximate surface area is 118 Å². The van der Waals surface area contributed by atoms with E-state index in [0.717, 1.165) is 18.3 Å². The second-order valence-electron chi connectivity index (χ2n) is 6.68. The van der Waals surface area contributed by atoms with Gasteiger partial charge in [0.05, 0.1) is 0 Å². The third kappa shape index (κ3) is 3.60. The van der Waals surface area contributed by atoms with Gasteiger partial charge in [-0.2, -0.15) is 0 Å². The van der Waals surface area contributed by atoms with Crippen molar-refractivity contribution in [1.29, 1.82) is 0 Å². The van der Waals surface area contributed by atoms with Crippen molar-refractivity contribution in [2.45, 2.75) is 58.4 Å². The van der Waals surface area contributed by atoms with Gasteiger partial charge in [-0.25, -0.2) is 0 Å². The molecule has 106 valence electrons. The van der Waals surface area contributed by atoms with Crippen molar-refractivity contribution in [1.82, 2.24) is 0 Å². The smallest absolute Gasteiger partial charge is 0.0136 e. The molecule has 1 heteroatoms. The molecule has 0 aliphatic heterocycles. The van der Waals surface area contributed by atoms with E-state index < -0.39 is 0 Å². The summed E-state index contributed by atoms with van der Waals surface area (Å²) in [5.74, 6) is 2.90. The third-order valence-corrected chi connectivity index (χ3v) is 4.89. The van der Waals surface area contributed by atoms with Crippen LogP contribution in [0.25, 0.3) is 0 Å². The van der Waals surface area contributed by atoms with Crippen LogP contribution in [0, 0.1) is 17.8 Å². The molecule has 0 bridgehead atoms. The molecule has 1 nitrogen and oxygen atoms in total. The number of nitrogens with two attached hydrogens (primary N) is 1. The first-order valence-electron chi connectivity index (χ1n) is 7.92. The lowest BCUT2D eigenvalue weighted by atomic mass is 9.70. The molecule has 19 heavy (non-hydrogen) atoms. The zero-order valence-electron chi connectivity index (χ0n) is 12.7. The van der Waals surface area contributed by atoms with Crippen molar-refractivity contribution in [2.24, 2.45) is 23.5 Å². The molecule has 1 aromatic rings. The normalized spacial score (nSPS) is 30.8. The average molecular weight is 259 g/mol. The predicted molar refractivity (Wildman–Crippen MR) is 83.1 cm³/mol. The summed E-state index contributed by atoms with van der Waals surface area (Å²) in [6.45, 7) is 7.05. The molecule has 4 unspecified atom stereocenters. The summed E-state index contributed by atoms with van der Waals surface area (Å²) >= 11 is 0. The van der Waals surface area contributed by atoms with E-state index in [0.29, 0.717) is 17.9 Å². The van der Waals surface area contributed by atoms with Gasteiger partial charge in [0.15, 0.2) is 0 Å². The van der Waals surface area contributed by atoms with E-state index in [9.17, 15) is 0 Å². The van der Waals surface area contributed by atoms with Gasteiger partial charge in [0, 0.05) is 6.04 Å². The molecule has 0 aromatic heterocycles. The van der Waals surface area contributed by atoms with Crippen molar-refractivity contribution in [3.8, 4) is 0 Å². The van der Waals surface area contributed by atoms with Gasteiger partial charge in [-0.05, 0) is 54.9 Å². The molecule has 0 saturated heterocycles. The van der Waals surface area contributed by atoms with E-state index in [1.165, 1.54) is 24.8 Å². The van der Waals surface area contributed by atoms with Gasteiger partial charge in [-0.3, -0.25) is 0 Å². The molecular weight excluding hydrogens is 230 g/mol. The van der Waals surface area contributed by atoms with Crippen molar-refractivity contribution in [3.05, 3.63) is 35.9 Å². The van der Waals surface area contributed by atoms with Gasteiger partial charge in [-0.15, -0.1) is 0 Å². The fraction of sp³-hybridized carbons (Fsp3) is 0.667. The van der Waals surface area contributed by atoms with E-state index >= 15 is 0 Å². The van der Waals surface area contributed by atoms with Gasteiger partial charge in [0.25, 0.3) is 0 Å². The lowest BCUT2D eigenvalue weighted by Gasteiger charge is -2.38. The van der Waals surface area contributed by atoms with Crippen molar-refractivity contribution >= 4 is 0 Å². The van der Waals surface area contributed by atoms with Crippen LogP contribution in [0.4, 0.5) is 0 Å². The Bertz CT molecular complexity index is 363. The number of benzene rings is 1. The summed E-state index contributed by atoms with van der Waals surface area (Å²) in [4.78, 5) is 0. The van der Waals surface area contributed by atoms with Crippen LogP contribution in [0.2, 0.25) is 0 Å². The van der Waals surface area contributed by atoms with Crippen molar-refractivity contribution in [2.75, 3.05) is 0 Å². The highest BCUT2D eigenvalue weighted by atomic mass is 14.7. The molecule has 0 spiro atoms. The number of hydrogen-bond donors (Lipinski definition) is 1. The van der Waals surface area contributed by atoms with Gasteiger partial charge in [-0.1, -0.05) is 51.1 Å². The van der Waals surface area contributed by atoms with Crippen LogP contribution in [0.15, 0.2) is 30.3 Å². The van der Waals surface area contributed by atoms with E-state index in [1.54, 1.807) is 0 Å². The lowest BCUT2D eigenvalue weighted by molar-refractivity contribution is 0.179. The van der Waals surface area contributed by atoms with Crippen molar-refractivity contribution < 1.29 is 0 Å². The minimum Gasteiger partial charge on any atom is -0.327 e. The maximum Gasteiger partial charge on any atom is 0.0136 e. The highest BCUT2D eigenvalue weighted by Gasteiger charge is 2.32. The van der Waals surface area contributed by atoms with E-state index in [1.807, 2.05) is 0 Å². The Morgan fingerprint density at radius 3 is 2.16 bits per heavy atom. The standard InChI is InChI=1S/C18H29N/c1-4-17(15-8-6-5-7-9-15)18(19)16-11-13(2)10-14(3)12-16/h5-9,13-14,16-18H,4,10-12,19H2,1-3H3. The van der Waals surface area contributed by atoms with Gasteiger partial charge >= 0.3 is 0 Å². The summed E-state index contributed by atoms with van der Waals surface area (Å²) < 4.78 is 0. The molecule has 0 amide bonds. The highest BCUT2D eigenvalue weighted by molar-refractivity contribution is 5.21. The Morgan fingerprint density at radius 1 is 1.05 bits per heavy atom. The van der Waals surface area contributed by atoms with Gasteiger partial charge < -0.3 is 5.73 Å². The monoisotopic (exact) mass is 259 g/mol. The molecule has 1 aliphatic carbocycles. The lowest BCUT2D eigenvalue weighted by Crippen LogP contribution is -2.39. The summed E-state index contributed by atoms with van der Waals surface area (Å²) in [5, 5.41) is 0. The Hall–Kier alpha value is -0.820. The molecule has 1 aromatic carbocycles. The average Bonchev–Trinajstić information content (AvgIpc) is 2.39. The first-order valence-corrected chi connectivity index (χ1v) is 7.92. The van der Waals surface area contributed by atoms with E-state index in [2.05, 4.69) is 51.1 Å². The minimum absolute atomic E-state index is 0.317. The van der Waals surface area contributed by atoms with Crippen LogP contribution in [0.1, 0.15) is 57.9 Å². The zero-order chi connectivity index (χ0) is 13.8. The van der Waals surface area contributed by atoms with E-state index in [-0.39, 0.29) is 0 Å². The molecular formula is C18H29N. The molecule has 2 N–H and O–H groups in total. The first kappa shape index (κ1) is 14.6. The largest absolute Gasteiger partial charge is 0.327 e. The second-order valence-corrected chi connectivity index (χ2v) is 6.68. The van der Waals surface area contributed by atoms with Gasteiger partial charge in [0.1, 0.15) is 0 Å². The minimum atomic E-state index is 0.317. The fourth-order valence-corrected chi connectivity index (χ4v) is 4.08. The highest BCUT2D eigenvalue weighted by Crippen LogP contribution is 2.38. The van der Waals surface area contributed by atoms with Crippen LogP contribution < -0.4 is 5.73 Å². The number of rotatable bonds is 4. The summed E-state index contributed by atoms with van der Waals surface area (Å²) in [7, 11) is 0. The van der Waals surface area contributed by atoms with Crippen LogP contribution in [-0.4, -0.2) is 6.04 Å². The quantitative estimate of drug-likeness (QED) is 0.841. The van der Waals surface area contributed by atoms with Crippen molar-refractivity contribution in [3.63, 3.8) is 0 Å². The van der Waals surface area contributed by atoms with Crippen LogP contribution in [0.3, 0.4) is 0 Å². The first-order chi connectivity index (χ1) is 9.11. The van der Waals surface area contributed by atoms with Gasteiger partial charge in [0.2, 0.25) is 0 Å². The maximum atomic E-state index is 6.66.